The number of nitrogens with one attached hydrogen (secondary N) is 1. The van der Waals surface area contributed by atoms with Crippen molar-refractivity contribution in [1.29, 1.82) is 0 Å². The van der Waals surface area contributed by atoms with Gasteiger partial charge in [0.25, 0.3) is 5.91 Å². The Hall–Kier alpha value is -2.15. The van der Waals surface area contributed by atoms with Crippen LogP contribution in [0, 0.1) is 0 Å². The van der Waals surface area contributed by atoms with Crippen molar-refractivity contribution >= 4 is 29.3 Å². The van der Waals surface area contributed by atoms with Gasteiger partial charge in [-0.15, -0.1) is 0 Å². The molecule has 2 amide bonds. The van der Waals surface area contributed by atoms with Crippen molar-refractivity contribution in [3.63, 3.8) is 0 Å². The molecule has 7 heteroatoms. The molecule has 1 fully saturated rings. The quantitative estimate of drug-likeness (QED) is 0.836. The zero-order valence-electron chi connectivity index (χ0n) is 12.4. The second-order valence-electron chi connectivity index (χ2n) is 4.80. The molecule has 0 saturated carbocycles. The highest BCUT2D eigenvalue weighted by Crippen LogP contribution is 2.05. The predicted octanol–water partition coefficient (Wildman–Crippen LogP) is 1.48. The van der Waals surface area contributed by atoms with Crippen molar-refractivity contribution in [2.75, 3.05) is 32.8 Å². The molecule has 0 aliphatic carbocycles. The Kier molecular flexibility index (Phi) is 5.71. The van der Waals surface area contributed by atoms with Crippen LogP contribution in [0.5, 0.6) is 0 Å². The van der Waals surface area contributed by atoms with Gasteiger partial charge in [0.2, 0.25) is 0 Å². The summed E-state index contributed by atoms with van der Waals surface area (Å²) in [6.45, 7) is 4.35. The molecule has 1 saturated heterocycles. The van der Waals surface area contributed by atoms with Crippen LogP contribution >= 0.6 is 12.2 Å². The third-order valence-electron chi connectivity index (χ3n) is 3.35. The minimum Gasteiger partial charge on any atom is -0.450 e. The number of carbonyl (C=O) groups excluding carboxylic acids is 2. The van der Waals surface area contributed by atoms with Gasteiger partial charge in [0.15, 0.2) is 5.11 Å². The molecule has 0 unspecified atom stereocenters. The molecule has 2 rings (SSSR count). The molecule has 6 nitrogen and oxygen atoms in total. The molecular weight excluding hydrogens is 302 g/mol. The Morgan fingerprint density at radius 3 is 2.32 bits per heavy atom. The number of carbonyl (C=O) groups is 2. The number of nitrogens with zero attached hydrogens (tertiary/aromatic N) is 2. The fourth-order valence-electron chi connectivity index (χ4n) is 2.14. The van der Waals surface area contributed by atoms with Crippen molar-refractivity contribution in [2.45, 2.75) is 6.92 Å². The van der Waals surface area contributed by atoms with Crippen LogP contribution in [0.15, 0.2) is 30.3 Å². The van der Waals surface area contributed by atoms with Gasteiger partial charge in [0.05, 0.1) is 6.61 Å². The van der Waals surface area contributed by atoms with Gasteiger partial charge in [0, 0.05) is 31.7 Å². The Labute approximate surface area is 135 Å². The van der Waals surface area contributed by atoms with E-state index in [1.165, 1.54) is 0 Å². The van der Waals surface area contributed by atoms with Crippen molar-refractivity contribution in [3.05, 3.63) is 35.9 Å². The summed E-state index contributed by atoms with van der Waals surface area (Å²) in [7, 11) is 0. The molecule has 1 aromatic rings. The lowest BCUT2D eigenvalue weighted by Gasteiger charge is -2.35. The summed E-state index contributed by atoms with van der Waals surface area (Å²) < 4.78 is 4.97. The van der Waals surface area contributed by atoms with E-state index in [1.807, 2.05) is 11.0 Å². The van der Waals surface area contributed by atoms with Crippen LogP contribution in [-0.4, -0.2) is 59.7 Å². The Bertz CT molecular complexity index is 542. The molecule has 0 atom stereocenters. The van der Waals surface area contributed by atoms with Gasteiger partial charge in [-0.25, -0.2) is 4.79 Å². The summed E-state index contributed by atoms with van der Waals surface area (Å²) in [5, 5.41) is 3.11. The predicted molar refractivity (Wildman–Crippen MR) is 86.7 cm³/mol. The molecule has 1 aliphatic heterocycles. The first-order valence-corrected chi connectivity index (χ1v) is 7.59. The van der Waals surface area contributed by atoms with E-state index >= 15 is 0 Å². The van der Waals surface area contributed by atoms with Crippen LogP contribution in [0.2, 0.25) is 0 Å². The molecule has 1 N–H and O–H groups in total. The van der Waals surface area contributed by atoms with Gasteiger partial charge in [-0.3, -0.25) is 10.1 Å². The number of rotatable bonds is 2. The van der Waals surface area contributed by atoms with E-state index in [1.54, 1.807) is 36.1 Å². The zero-order valence-corrected chi connectivity index (χ0v) is 13.3. The number of hydrogen-bond acceptors (Lipinski definition) is 4. The smallest absolute Gasteiger partial charge is 0.409 e. The number of thiocarbonyl (C=S) groups is 1. The first kappa shape index (κ1) is 16.2. The highest BCUT2D eigenvalue weighted by Gasteiger charge is 2.24. The third-order valence-corrected chi connectivity index (χ3v) is 3.71. The number of piperazine rings is 1. The van der Waals surface area contributed by atoms with Gasteiger partial charge >= 0.3 is 6.09 Å². The van der Waals surface area contributed by atoms with Gasteiger partial charge in [-0.2, -0.15) is 0 Å². The van der Waals surface area contributed by atoms with Crippen LogP contribution in [0.3, 0.4) is 0 Å². The lowest BCUT2D eigenvalue weighted by atomic mass is 10.2. The first-order chi connectivity index (χ1) is 10.6. The van der Waals surface area contributed by atoms with E-state index in [0.29, 0.717) is 43.5 Å². The SMILES string of the molecule is CCOC(=O)N1CCN(C(=S)NC(=O)c2ccccc2)CC1. The standard InChI is InChI=1S/C15H19N3O3S/c1-2-21-15(20)18-10-8-17(9-11-18)14(22)16-13(19)12-6-4-3-5-7-12/h3-7H,2,8-11H2,1H3,(H,16,19,22). The van der Waals surface area contributed by atoms with Gasteiger partial charge in [0.1, 0.15) is 0 Å². The van der Waals surface area contributed by atoms with Crippen LogP contribution in [0.1, 0.15) is 17.3 Å². The Morgan fingerprint density at radius 1 is 1.14 bits per heavy atom. The average Bonchev–Trinajstić information content (AvgIpc) is 2.56. The van der Waals surface area contributed by atoms with E-state index < -0.39 is 0 Å². The summed E-state index contributed by atoms with van der Waals surface area (Å²) in [5.74, 6) is -0.224. The monoisotopic (exact) mass is 321 g/mol. The normalized spacial score (nSPS) is 14.4. The van der Waals surface area contributed by atoms with E-state index in [9.17, 15) is 9.59 Å². The first-order valence-electron chi connectivity index (χ1n) is 7.19. The van der Waals surface area contributed by atoms with Gasteiger partial charge in [-0.05, 0) is 31.3 Å². The summed E-state index contributed by atoms with van der Waals surface area (Å²) in [4.78, 5) is 27.2. The maximum absolute atomic E-state index is 12.0. The molecule has 0 radical (unpaired) electrons. The van der Waals surface area contributed by atoms with Crippen LogP contribution in [-0.2, 0) is 4.74 Å². The zero-order chi connectivity index (χ0) is 15.9. The summed E-state index contributed by atoms with van der Waals surface area (Å²) >= 11 is 5.27. The summed E-state index contributed by atoms with van der Waals surface area (Å²) in [5.41, 5.74) is 0.565. The van der Waals surface area contributed by atoms with E-state index in [0.717, 1.165) is 0 Å². The van der Waals surface area contributed by atoms with Gasteiger partial charge < -0.3 is 14.5 Å². The van der Waals surface area contributed by atoms with Crippen LogP contribution < -0.4 is 5.32 Å². The third kappa shape index (κ3) is 4.17. The minimum atomic E-state index is -0.304. The lowest BCUT2D eigenvalue weighted by molar-refractivity contribution is 0.0897. The second kappa shape index (κ2) is 7.74. The average molecular weight is 321 g/mol. The minimum absolute atomic E-state index is 0.224. The maximum Gasteiger partial charge on any atom is 0.409 e. The number of amides is 2. The molecule has 0 spiro atoms. The van der Waals surface area contributed by atoms with E-state index in [4.69, 9.17) is 17.0 Å². The molecule has 0 aromatic heterocycles. The highest BCUT2D eigenvalue weighted by atomic mass is 32.1. The Morgan fingerprint density at radius 2 is 1.73 bits per heavy atom. The summed E-state index contributed by atoms with van der Waals surface area (Å²) in [6, 6.07) is 8.92. The second-order valence-corrected chi connectivity index (χ2v) is 5.19. The fraction of sp³-hybridized carbons (Fsp3) is 0.400. The number of ether oxygens (including phenoxy) is 1. The fourth-order valence-corrected chi connectivity index (χ4v) is 2.42. The maximum atomic E-state index is 12.0. The molecule has 22 heavy (non-hydrogen) atoms. The lowest BCUT2D eigenvalue weighted by Crippen LogP contribution is -2.54. The molecule has 0 bridgehead atoms. The van der Waals surface area contributed by atoms with E-state index in [-0.39, 0.29) is 12.0 Å². The van der Waals surface area contributed by atoms with Crippen molar-refractivity contribution in [2.24, 2.45) is 0 Å². The molecule has 118 valence electrons. The van der Waals surface area contributed by atoms with E-state index in [2.05, 4.69) is 5.32 Å². The molecule has 1 heterocycles. The topological polar surface area (TPSA) is 61.9 Å². The van der Waals surface area contributed by atoms with Gasteiger partial charge in [-0.1, -0.05) is 18.2 Å². The molecule has 1 aliphatic rings. The summed E-state index contributed by atoms with van der Waals surface area (Å²) in [6.07, 6.45) is -0.304. The van der Waals surface area contributed by atoms with Crippen molar-refractivity contribution in [3.8, 4) is 0 Å². The van der Waals surface area contributed by atoms with Crippen LogP contribution in [0.4, 0.5) is 4.79 Å². The molecular formula is C15H19N3O3S. The van der Waals surface area contributed by atoms with Crippen molar-refractivity contribution in [1.82, 2.24) is 15.1 Å². The highest BCUT2D eigenvalue weighted by molar-refractivity contribution is 7.80. The van der Waals surface area contributed by atoms with Crippen LogP contribution in [0.25, 0.3) is 0 Å². The Balaban J connectivity index is 1.83. The van der Waals surface area contributed by atoms with Crippen molar-refractivity contribution < 1.29 is 14.3 Å². The molecule has 1 aromatic carbocycles. The number of hydrogen-bond donors (Lipinski definition) is 1. The largest absolute Gasteiger partial charge is 0.450 e. The number of benzene rings is 1.